The fourth-order valence-corrected chi connectivity index (χ4v) is 1.41. The van der Waals surface area contributed by atoms with Crippen molar-refractivity contribution in [2.24, 2.45) is 0 Å². The van der Waals surface area contributed by atoms with Crippen molar-refractivity contribution < 1.29 is 0 Å². The molecule has 0 saturated heterocycles. The molecule has 0 atom stereocenters. The molecule has 0 aromatic carbocycles. The number of hydrogen-bond acceptors (Lipinski definition) is 4. The summed E-state index contributed by atoms with van der Waals surface area (Å²) in [7, 11) is 3.90. The highest BCUT2D eigenvalue weighted by molar-refractivity contribution is 7.73. The second kappa shape index (κ2) is 3.07. The van der Waals surface area contributed by atoms with Crippen LogP contribution in [-0.4, -0.2) is 19.1 Å². The summed E-state index contributed by atoms with van der Waals surface area (Å²) in [6.45, 7) is 0. The van der Waals surface area contributed by atoms with Crippen molar-refractivity contribution in [2.75, 3.05) is 19.0 Å². The van der Waals surface area contributed by atoms with Crippen molar-refractivity contribution >= 4 is 28.7 Å². The maximum absolute atomic E-state index is 4.97. The first-order valence-corrected chi connectivity index (χ1v) is 4.06. The van der Waals surface area contributed by atoms with Crippen LogP contribution in [0, 0.1) is 3.82 Å². The Balaban J connectivity index is 3.07. The van der Waals surface area contributed by atoms with Gasteiger partial charge in [-0.2, -0.15) is 0 Å². The molecule has 0 radical (unpaired) electrons. The third-order valence-electron chi connectivity index (χ3n) is 0.970. The van der Waals surface area contributed by atoms with Crippen LogP contribution in [0.2, 0.25) is 0 Å². The zero-order chi connectivity index (χ0) is 7.56. The number of anilines is 1. The van der Waals surface area contributed by atoms with E-state index in [0.29, 0.717) is 0 Å². The summed E-state index contributed by atoms with van der Waals surface area (Å²) in [6.07, 6.45) is 1.73. The van der Waals surface area contributed by atoms with E-state index in [-0.39, 0.29) is 0 Å². The van der Waals surface area contributed by atoms with Crippen LogP contribution in [0.1, 0.15) is 0 Å². The van der Waals surface area contributed by atoms with Gasteiger partial charge in [-0.3, -0.25) is 0 Å². The predicted octanol–water partition coefficient (Wildman–Crippen LogP) is 1.94. The van der Waals surface area contributed by atoms with Crippen LogP contribution in [-0.2, 0) is 0 Å². The minimum absolute atomic E-state index is 0.874. The molecule has 0 bridgehead atoms. The van der Waals surface area contributed by atoms with Crippen molar-refractivity contribution in [3.05, 3.63) is 16.1 Å². The lowest BCUT2D eigenvalue weighted by molar-refractivity contribution is 1.10. The average Bonchev–Trinajstić information content (AvgIpc) is 1.88. The highest BCUT2D eigenvalue weighted by Crippen LogP contribution is 2.13. The van der Waals surface area contributed by atoms with Crippen molar-refractivity contribution in [1.82, 2.24) is 4.98 Å². The Kier molecular flexibility index (Phi) is 2.34. The molecule has 0 aliphatic heterocycles. The lowest BCUT2D eigenvalue weighted by Crippen LogP contribution is -2.08. The Hall–Kier alpha value is -0.480. The summed E-state index contributed by atoms with van der Waals surface area (Å²) in [6, 6.07) is 1.83. The average molecular weight is 172 g/mol. The monoisotopic (exact) mass is 172 g/mol. The van der Waals surface area contributed by atoms with Gasteiger partial charge in [0.1, 0.15) is 0 Å². The molecule has 0 aliphatic rings. The number of nitrogens with zero attached hydrogens (tertiary/aromatic N) is 2. The second-order valence-electron chi connectivity index (χ2n) is 2.04. The largest absolute Gasteiger partial charge is 0.354 e. The van der Waals surface area contributed by atoms with Gasteiger partial charge in [0.05, 0.1) is 3.82 Å². The Bertz CT molecular complexity index is 266. The SMILES string of the molecule is CN(C)c1nccc(=S)s1. The molecule has 0 N–H and O–H groups in total. The molecule has 1 aromatic heterocycles. The predicted molar refractivity (Wildman–Crippen MR) is 47.3 cm³/mol. The smallest absolute Gasteiger partial charge is 0.186 e. The number of hydrogen-bond donors (Lipinski definition) is 0. The van der Waals surface area contributed by atoms with E-state index in [9.17, 15) is 0 Å². The minimum Gasteiger partial charge on any atom is -0.354 e. The lowest BCUT2D eigenvalue weighted by Gasteiger charge is -2.07. The molecule has 0 unspecified atom stereocenters. The van der Waals surface area contributed by atoms with E-state index in [2.05, 4.69) is 4.98 Å². The summed E-state index contributed by atoms with van der Waals surface area (Å²) in [5.74, 6) is 0. The van der Waals surface area contributed by atoms with Crippen molar-refractivity contribution in [1.29, 1.82) is 0 Å². The molecular weight excluding hydrogens is 164 g/mol. The molecular formula is C6H8N2S2. The molecule has 0 aliphatic carbocycles. The van der Waals surface area contributed by atoms with Gasteiger partial charge in [0.2, 0.25) is 0 Å². The third kappa shape index (κ3) is 1.75. The number of aromatic nitrogens is 1. The van der Waals surface area contributed by atoms with Crippen LogP contribution in [0.3, 0.4) is 0 Å². The molecule has 0 spiro atoms. The van der Waals surface area contributed by atoms with Gasteiger partial charge in [-0.1, -0.05) is 23.6 Å². The van der Waals surface area contributed by atoms with Crippen LogP contribution in [0.15, 0.2) is 12.3 Å². The van der Waals surface area contributed by atoms with Gasteiger partial charge >= 0.3 is 0 Å². The maximum atomic E-state index is 4.97. The lowest BCUT2D eigenvalue weighted by atomic mass is 10.7. The zero-order valence-corrected chi connectivity index (χ0v) is 7.50. The molecule has 0 fully saturated rings. The molecule has 1 rings (SSSR count). The summed E-state index contributed by atoms with van der Waals surface area (Å²) in [5, 5.41) is 0.951. The van der Waals surface area contributed by atoms with Gasteiger partial charge in [-0.05, 0) is 6.07 Å². The molecule has 2 nitrogen and oxygen atoms in total. The number of rotatable bonds is 1. The summed E-state index contributed by atoms with van der Waals surface area (Å²) in [4.78, 5) is 6.06. The highest BCUT2D eigenvalue weighted by Gasteiger charge is 1.93. The Labute approximate surface area is 69.2 Å². The van der Waals surface area contributed by atoms with Crippen LogP contribution in [0.4, 0.5) is 5.13 Å². The van der Waals surface area contributed by atoms with Gasteiger partial charge in [0.15, 0.2) is 5.13 Å². The van der Waals surface area contributed by atoms with Gasteiger partial charge < -0.3 is 4.90 Å². The summed E-state index contributed by atoms with van der Waals surface area (Å²) < 4.78 is 0.874. The second-order valence-corrected chi connectivity index (χ2v) is 3.75. The highest BCUT2D eigenvalue weighted by atomic mass is 32.1. The van der Waals surface area contributed by atoms with E-state index in [1.54, 1.807) is 6.20 Å². The Morgan fingerprint density at radius 2 is 2.30 bits per heavy atom. The molecule has 1 heterocycles. The molecule has 0 amide bonds. The van der Waals surface area contributed by atoms with E-state index in [1.807, 2.05) is 25.1 Å². The summed E-state index contributed by atoms with van der Waals surface area (Å²) in [5.41, 5.74) is 0. The minimum atomic E-state index is 0.874. The van der Waals surface area contributed by atoms with Gasteiger partial charge in [-0.25, -0.2) is 4.98 Å². The maximum Gasteiger partial charge on any atom is 0.186 e. The Morgan fingerprint density at radius 1 is 1.60 bits per heavy atom. The van der Waals surface area contributed by atoms with Gasteiger partial charge in [0, 0.05) is 20.3 Å². The normalized spacial score (nSPS) is 9.40. The molecule has 54 valence electrons. The van der Waals surface area contributed by atoms with Crippen LogP contribution >= 0.6 is 23.6 Å². The Morgan fingerprint density at radius 3 is 2.70 bits per heavy atom. The van der Waals surface area contributed by atoms with E-state index in [4.69, 9.17) is 12.2 Å². The van der Waals surface area contributed by atoms with E-state index in [1.165, 1.54) is 11.3 Å². The third-order valence-corrected chi connectivity index (χ3v) is 2.35. The van der Waals surface area contributed by atoms with Crippen molar-refractivity contribution in [3.63, 3.8) is 0 Å². The van der Waals surface area contributed by atoms with E-state index < -0.39 is 0 Å². The fraction of sp³-hybridized carbons (Fsp3) is 0.333. The van der Waals surface area contributed by atoms with Gasteiger partial charge in [0.25, 0.3) is 0 Å². The standard InChI is InChI=1S/C6H8N2S2/c1-8(2)6-7-4-3-5(9)10-6/h3-4H,1-2H3. The topological polar surface area (TPSA) is 16.1 Å². The van der Waals surface area contributed by atoms with Gasteiger partial charge in [-0.15, -0.1) is 0 Å². The van der Waals surface area contributed by atoms with Crippen molar-refractivity contribution in [2.45, 2.75) is 0 Å². The van der Waals surface area contributed by atoms with E-state index in [0.717, 1.165) is 8.96 Å². The molecule has 10 heavy (non-hydrogen) atoms. The van der Waals surface area contributed by atoms with Crippen LogP contribution in [0.5, 0.6) is 0 Å². The molecule has 0 saturated carbocycles. The first-order valence-electron chi connectivity index (χ1n) is 2.83. The van der Waals surface area contributed by atoms with Crippen LogP contribution < -0.4 is 4.90 Å². The first kappa shape index (κ1) is 7.63. The fourth-order valence-electron chi connectivity index (χ4n) is 0.519. The van der Waals surface area contributed by atoms with Crippen molar-refractivity contribution in [3.8, 4) is 0 Å². The van der Waals surface area contributed by atoms with Crippen LogP contribution in [0.25, 0.3) is 0 Å². The molecule has 1 aromatic rings. The summed E-state index contributed by atoms with van der Waals surface area (Å²) >= 11 is 6.49. The quantitative estimate of drug-likeness (QED) is 0.602. The first-order chi connectivity index (χ1) is 4.70. The van der Waals surface area contributed by atoms with E-state index >= 15 is 0 Å². The molecule has 4 heteroatoms. The zero-order valence-electron chi connectivity index (χ0n) is 5.87.